The van der Waals surface area contributed by atoms with Crippen LogP contribution in [-0.2, 0) is 0 Å². The molecule has 0 saturated heterocycles. The van der Waals surface area contributed by atoms with Crippen LogP contribution in [0.5, 0.6) is 0 Å². The van der Waals surface area contributed by atoms with E-state index in [-0.39, 0.29) is 0 Å². The van der Waals surface area contributed by atoms with E-state index in [9.17, 15) is 0 Å². The molecule has 12 heavy (non-hydrogen) atoms. The molecule has 1 rings (SSSR count). The lowest BCUT2D eigenvalue weighted by molar-refractivity contribution is 0.676. The normalized spacial score (nSPS) is 24.8. The van der Waals surface area contributed by atoms with Crippen LogP contribution in [0.2, 0.25) is 0 Å². The second-order valence-electron chi connectivity index (χ2n) is 3.27. The Morgan fingerprint density at radius 3 is 2.50 bits per heavy atom. The van der Waals surface area contributed by atoms with E-state index in [0.29, 0.717) is 0 Å². The van der Waals surface area contributed by atoms with Crippen LogP contribution in [-0.4, -0.2) is 0 Å². The second kappa shape index (κ2) is 4.97. The average Bonchev–Trinajstić information content (AvgIpc) is 2.15. The van der Waals surface area contributed by atoms with E-state index >= 15 is 0 Å². The maximum atomic E-state index is 3.73. The van der Waals surface area contributed by atoms with Gasteiger partial charge in [-0.15, -0.1) is 6.58 Å². The summed E-state index contributed by atoms with van der Waals surface area (Å²) in [4.78, 5) is 0. The van der Waals surface area contributed by atoms with Crippen molar-refractivity contribution >= 4 is 0 Å². The van der Waals surface area contributed by atoms with E-state index in [1.807, 2.05) is 6.08 Å². The summed E-state index contributed by atoms with van der Waals surface area (Å²) in [6.45, 7) is 5.87. The molecule has 0 heterocycles. The largest absolute Gasteiger partial charge is 0.103 e. The molecule has 1 aliphatic rings. The molecule has 0 aliphatic heterocycles. The number of hydrogen-bond donors (Lipinski definition) is 0. The molecule has 0 aromatic carbocycles. The van der Waals surface area contributed by atoms with Gasteiger partial charge in [-0.25, -0.2) is 0 Å². The minimum Gasteiger partial charge on any atom is -0.103 e. The van der Waals surface area contributed by atoms with Gasteiger partial charge < -0.3 is 0 Å². The first-order valence-electron chi connectivity index (χ1n) is 4.84. The highest BCUT2D eigenvalue weighted by molar-refractivity contribution is 5.32. The molecule has 0 heteroatoms. The Balaban J connectivity index is 2.64. The van der Waals surface area contributed by atoms with E-state index in [1.165, 1.54) is 25.7 Å². The molecule has 0 aromatic rings. The summed E-state index contributed by atoms with van der Waals surface area (Å²) in [6, 6.07) is 0. The highest BCUT2D eigenvalue weighted by Crippen LogP contribution is 2.28. The van der Waals surface area contributed by atoms with Crippen LogP contribution in [0.15, 0.2) is 36.0 Å². The Morgan fingerprint density at radius 2 is 1.92 bits per heavy atom. The van der Waals surface area contributed by atoms with Gasteiger partial charge in [0.15, 0.2) is 0 Å². The third-order valence-electron chi connectivity index (χ3n) is 2.43. The van der Waals surface area contributed by atoms with Gasteiger partial charge in [0.05, 0.1) is 0 Å². The molecule has 0 unspecified atom stereocenters. The third-order valence-corrected chi connectivity index (χ3v) is 2.43. The van der Waals surface area contributed by atoms with Gasteiger partial charge in [-0.1, -0.05) is 18.2 Å². The SMILES string of the molecule is C=CC/C=C1\CCCC\C1=C\C. The molecule has 1 saturated carbocycles. The Morgan fingerprint density at radius 1 is 1.25 bits per heavy atom. The number of hydrogen-bond acceptors (Lipinski definition) is 0. The molecule has 0 aromatic heterocycles. The summed E-state index contributed by atoms with van der Waals surface area (Å²) in [7, 11) is 0. The van der Waals surface area contributed by atoms with Crippen LogP contribution < -0.4 is 0 Å². The van der Waals surface area contributed by atoms with Crippen molar-refractivity contribution < 1.29 is 0 Å². The molecule has 1 fully saturated rings. The maximum Gasteiger partial charge on any atom is -0.0166 e. The van der Waals surface area contributed by atoms with Gasteiger partial charge in [0.25, 0.3) is 0 Å². The van der Waals surface area contributed by atoms with Gasteiger partial charge in [0.1, 0.15) is 0 Å². The van der Waals surface area contributed by atoms with Gasteiger partial charge >= 0.3 is 0 Å². The molecule has 0 N–H and O–H groups in total. The lowest BCUT2D eigenvalue weighted by Crippen LogP contribution is -1.98. The van der Waals surface area contributed by atoms with Crippen molar-refractivity contribution in [2.24, 2.45) is 0 Å². The maximum absolute atomic E-state index is 3.73. The first-order valence-corrected chi connectivity index (χ1v) is 4.84. The van der Waals surface area contributed by atoms with Gasteiger partial charge in [-0.3, -0.25) is 0 Å². The van der Waals surface area contributed by atoms with E-state index < -0.39 is 0 Å². The molecule has 0 bridgehead atoms. The number of rotatable bonds is 2. The molecular formula is C12H18. The fourth-order valence-electron chi connectivity index (χ4n) is 1.74. The van der Waals surface area contributed by atoms with Crippen LogP contribution in [0.1, 0.15) is 39.0 Å². The Kier molecular flexibility index (Phi) is 3.86. The third kappa shape index (κ3) is 2.37. The predicted molar refractivity (Wildman–Crippen MR) is 55.1 cm³/mol. The smallest absolute Gasteiger partial charge is 0.0166 e. The van der Waals surface area contributed by atoms with Crippen LogP contribution >= 0.6 is 0 Å². The zero-order valence-corrected chi connectivity index (χ0v) is 7.97. The Labute approximate surface area is 75.7 Å². The molecular weight excluding hydrogens is 144 g/mol. The summed E-state index contributed by atoms with van der Waals surface area (Å²) in [5.74, 6) is 0. The molecule has 1 aliphatic carbocycles. The van der Waals surface area contributed by atoms with Crippen molar-refractivity contribution in [3.05, 3.63) is 36.0 Å². The van der Waals surface area contributed by atoms with Crippen molar-refractivity contribution in [1.82, 2.24) is 0 Å². The van der Waals surface area contributed by atoms with Gasteiger partial charge in [-0.05, 0) is 50.2 Å². The standard InChI is InChI=1S/C12H18/c1-3-5-8-12-10-7-6-9-11(12)4-2/h3-4,8H,1,5-7,9-10H2,2H3/b11-4-,12-8+. The molecule has 0 amide bonds. The fraction of sp³-hybridized carbons (Fsp3) is 0.500. The van der Waals surface area contributed by atoms with Crippen LogP contribution in [0.25, 0.3) is 0 Å². The van der Waals surface area contributed by atoms with Crippen LogP contribution in [0.3, 0.4) is 0 Å². The predicted octanol–water partition coefficient (Wildman–Crippen LogP) is 4.01. The van der Waals surface area contributed by atoms with E-state index in [2.05, 4.69) is 25.7 Å². The summed E-state index contributed by atoms with van der Waals surface area (Å²) in [5.41, 5.74) is 3.12. The number of allylic oxidation sites excluding steroid dienone is 5. The monoisotopic (exact) mass is 162 g/mol. The summed E-state index contributed by atoms with van der Waals surface area (Å²) in [6.07, 6.45) is 12.8. The van der Waals surface area contributed by atoms with Gasteiger partial charge in [-0.2, -0.15) is 0 Å². The first-order chi connectivity index (χ1) is 5.88. The molecule has 0 radical (unpaired) electrons. The fourth-order valence-corrected chi connectivity index (χ4v) is 1.74. The van der Waals surface area contributed by atoms with Crippen molar-refractivity contribution in [1.29, 1.82) is 0 Å². The van der Waals surface area contributed by atoms with E-state index in [1.54, 1.807) is 11.1 Å². The zero-order chi connectivity index (χ0) is 8.81. The van der Waals surface area contributed by atoms with E-state index in [4.69, 9.17) is 0 Å². The molecule has 66 valence electrons. The minimum atomic E-state index is 1.02. The van der Waals surface area contributed by atoms with Crippen molar-refractivity contribution in [3.8, 4) is 0 Å². The lowest BCUT2D eigenvalue weighted by atomic mass is 9.89. The highest BCUT2D eigenvalue weighted by Gasteiger charge is 2.09. The molecule has 0 atom stereocenters. The molecule has 0 nitrogen and oxygen atoms in total. The van der Waals surface area contributed by atoms with Crippen molar-refractivity contribution in [2.75, 3.05) is 0 Å². The topological polar surface area (TPSA) is 0 Å². The highest BCUT2D eigenvalue weighted by atomic mass is 14.1. The summed E-state index contributed by atoms with van der Waals surface area (Å²) >= 11 is 0. The summed E-state index contributed by atoms with van der Waals surface area (Å²) < 4.78 is 0. The first kappa shape index (κ1) is 9.31. The van der Waals surface area contributed by atoms with Crippen molar-refractivity contribution in [2.45, 2.75) is 39.0 Å². The average molecular weight is 162 g/mol. The van der Waals surface area contributed by atoms with Crippen LogP contribution in [0, 0.1) is 0 Å². The van der Waals surface area contributed by atoms with Crippen LogP contribution in [0.4, 0.5) is 0 Å². The Hall–Kier alpha value is -0.780. The molecule has 0 spiro atoms. The van der Waals surface area contributed by atoms with Gasteiger partial charge in [0, 0.05) is 0 Å². The Bertz CT molecular complexity index is 206. The van der Waals surface area contributed by atoms with Crippen molar-refractivity contribution in [3.63, 3.8) is 0 Å². The summed E-state index contributed by atoms with van der Waals surface area (Å²) in [5, 5.41) is 0. The van der Waals surface area contributed by atoms with E-state index in [0.717, 1.165) is 6.42 Å². The second-order valence-corrected chi connectivity index (χ2v) is 3.27. The lowest BCUT2D eigenvalue weighted by Gasteiger charge is -2.17. The van der Waals surface area contributed by atoms with Gasteiger partial charge in [0.2, 0.25) is 0 Å². The minimum absolute atomic E-state index is 1.02. The quantitative estimate of drug-likeness (QED) is 0.538. The zero-order valence-electron chi connectivity index (χ0n) is 7.97.